The van der Waals surface area contributed by atoms with Crippen molar-refractivity contribution in [2.45, 2.75) is 39.1 Å². The molecule has 28 heavy (non-hydrogen) atoms. The Kier molecular flexibility index (Phi) is 4.06. The van der Waals surface area contributed by atoms with Crippen LogP contribution in [-0.4, -0.2) is 33.1 Å². The molecule has 2 atom stereocenters. The minimum absolute atomic E-state index is 0.147. The zero-order valence-corrected chi connectivity index (χ0v) is 15.3. The Morgan fingerprint density at radius 2 is 1.96 bits per heavy atom. The van der Waals surface area contributed by atoms with Gasteiger partial charge in [0.2, 0.25) is 5.88 Å². The van der Waals surface area contributed by atoms with E-state index in [0.29, 0.717) is 27.9 Å². The Hall–Kier alpha value is -3.10. The van der Waals surface area contributed by atoms with Crippen LogP contribution in [0.1, 0.15) is 41.6 Å². The molecule has 0 saturated carbocycles. The average Bonchev–Trinajstić information content (AvgIpc) is 3.16. The maximum absolute atomic E-state index is 12.9. The number of H-pyrrole nitrogens is 1. The summed E-state index contributed by atoms with van der Waals surface area (Å²) in [6, 6.07) is 6.84. The first-order chi connectivity index (χ1) is 13.1. The molecule has 2 N–H and O–H groups in total. The SMILES string of the molecule is Cc1nc2cccc(-c3cc4c([nH]3)C(C)NC4=O)c2nc1OC(C)C(F)(F)F. The molecule has 0 saturated heterocycles. The summed E-state index contributed by atoms with van der Waals surface area (Å²) in [5.74, 6) is -0.342. The van der Waals surface area contributed by atoms with E-state index in [1.165, 1.54) is 0 Å². The number of amides is 1. The van der Waals surface area contributed by atoms with E-state index in [1.54, 1.807) is 31.2 Å². The molecule has 0 spiro atoms. The van der Waals surface area contributed by atoms with Crippen molar-refractivity contribution in [3.05, 3.63) is 41.2 Å². The van der Waals surface area contributed by atoms with Crippen molar-refractivity contribution in [1.82, 2.24) is 20.3 Å². The summed E-state index contributed by atoms with van der Waals surface area (Å²) in [5, 5.41) is 2.81. The van der Waals surface area contributed by atoms with Gasteiger partial charge in [-0.2, -0.15) is 13.2 Å². The maximum Gasteiger partial charge on any atom is 0.425 e. The lowest BCUT2D eigenvalue weighted by Gasteiger charge is -2.18. The van der Waals surface area contributed by atoms with Crippen LogP contribution in [0.25, 0.3) is 22.3 Å². The van der Waals surface area contributed by atoms with Gasteiger partial charge in [-0.25, -0.2) is 9.97 Å². The van der Waals surface area contributed by atoms with Crippen molar-refractivity contribution in [2.75, 3.05) is 0 Å². The fourth-order valence-electron chi connectivity index (χ4n) is 3.20. The number of carbonyl (C=O) groups is 1. The number of hydrogen-bond acceptors (Lipinski definition) is 4. The van der Waals surface area contributed by atoms with Gasteiger partial charge in [0, 0.05) is 11.3 Å². The van der Waals surface area contributed by atoms with Gasteiger partial charge in [-0.05, 0) is 32.9 Å². The fourth-order valence-corrected chi connectivity index (χ4v) is 3.20. The van der Waals surface area contributed by atoms with Gasteiger partial charge in [-0.1, -0.05) is 12.1 Å². The van der Waals surface area contributed by atoms with E-state index in [0.717, 1.165) is 12.6 Å². The maximum atomic E-state index is 12.9. The Morgan fingerprint density at radius 3 is 2.64 bits per heavy atom. The fraction of sp³-hybridized carbons (Fsp3) is 0.316. The largest absolute Gasteiger partial charge is 0.464 e. The number of alkyl halides is 3. The molecule has 0 fully saturated rings. The van der Waals surface area contributed by atoms with Crippen LogP contribution in [0.2, 0.25) is 0 Å². The molecule has 146 valence electrons. The van der Waals surface area contributed by atoms with Crippen LogP contribution in [0.4, 0.5) is 13.2 Å². The number of aryl methyl sites for hydroxylation is 1. The van der Waals surface area contributed by atoms with Crippen LogP contribution in [0.15, 0.2) is 24.3 Å². The quantitative estimate of drug-likeness (QED) is 0.707. The second-order valence-electron chi connectivity index (χ2n) is 6.79. The standard InChI is InChI=1S/C19H17F3N4O2/c1-8-15-12(17(27)24-8)7-14(25-15)11-5-4-6-13-16(11)26-18(9(2)23-13)28-10(3)19(20,21)22/h4-8,10,25H,1-3H3,(H,24,27). The van der Waals surface area contributed by atoms with Crippen LogP contribution in [-0.2, 0) is 0 Å². The van der Waals surface area contributed by atoms with Gasteiger partial charge >= 0.3 is 6.18 Å². The normalized spacial score (nSPS) is 17.5. The van der Waals surface area contributed by atoms with Crippen LogP contribution >= 0.6 is 0 Å². The third-order valence-electron chi connectivity index (χ3n) is 4.74. The molecule has 1 amide bonds. The van der Waals surface area contributed by atoms with Gasteiger partial charge in [0.15, 0.2) is 6.10 Å². The van der Waals surface area contributed by atoms with Crippen molar-refractivity contribution in [1.29, 1.82) is 0 Å². The zero-order valence-electron chi connectivity index (χ0n) is 15.3. The molecule has 9 heteroatoms. The Labute approximate surface area is 158 Å². The highest BCUT2D eigenvalue weighted by molar-refractivity contribution is 6.01. The van der Waals surface area contributed by atoms with Gasteiger partial charge in [0.05, 0.1) is 22.8 Å². The minimum atomic E-state index is -4.51. The molecule has 3 aromatic rings. The first kappa shape index (κ1) is 18.3. The number of hydrogen-bond donors (Lipinski definition) is 2. The summed E-state index contributed by atoms with van der Waals surface area (Å²) in [7, 11) is 0. The predicted molar refractivity (Wildman–Crippen MR) is 96.1 cm³/mol. The monoisotopic (exact) mass is 390 g/mol. The highest BCUT2D eigenvalue weighted by atomic mass is 19.4. The highest BCUT2D eigenvalue weighted by Crippen LogP contribution is 2.34. The van der Waals surface area contributed by atoms with Gasteiger partial charge in [-0.3, -0.25) is 4.79 Å². The van der Waals surface area contributed by atoms with Crippen LogP contribution in [0.3, 0.4) is 0 Å². The molecule has 2 unspecified atom stereocenters. The summed E-state index contributed by atoms with van der Waals surface area (Å²) in [4.78, 5) is 23.9. The van der Waals surface area contributed by atoms with Crippen molar-refractivity contribution in [3.8, 4) is 17.1 Å². The van der Waals surface area contributed by atoms with E-state index < -0.39 is 12.3 Å². The number of aromatic nitrogens is 3. The van der Waals surface area contributed by atoms with Crippen LogP contribution in [0.5, 0.6) is 5.88 Å². The molecule has 0 bridgehead atoms. The van der Waals surface area contributed by atoms with Crippen molar-refractivity contribution in [3.63, 3.8) is 0 Å². The molecule has 1 aliphatic rings. The average molecular weight is 390 g/mol. The third kappa shape index (κ3) is 2.96. The number of benzene rings is 1. The summed E-state index contributed by atoms with van der Waals surface area (Å²) < 4.78 is 43.7. The van der Waals surface area contributed by atoms with Gasteiger partial charge < -0.3 is 15.0 Å². The Morgan fingerprint density at radius 1 is 1.21 bits per heavy atom. The number of ether oxygens (including phenoxy) is 1. The lowest BCUT2D eigenvalue weighted by molar-refractivity contribution is -0.190. The predicted octanol–water partition coefficient (Wildman–Crippen LogP) is 4.07. The number of nitrogens with one attached hydrogen (secondary N) is 2. The van der Waals surface area contributed by atoms with E-state index in [-0.39, 0.29) is 23.5 Å². The lowest BCUT2D eigenvalue weighted by Crippen LogP contribution is -2.31. The Bertz CT molecular complexity index is 1090. The van der Waals surface area contributed by atoms with Gasteiger partial charge in [0.25, 0.3) is 5.91 Å². The van der Waals surface area contributed by atoms with Crippen molar-refractivity contribution < 1.29 is 22.7 Å². The number of para-hydroxylation sites is 1. The summed E-state index contributed by atoms with van der Waals surface area (Å²) >= 11 is 0. The summed E-state index contributed by atoms with van der Waals surface area (Å²) in [6.07, 6.45) is -6.52. The van der Waals surface area contributed by atoms with E-state index >= 15 is 0 Å². The molecule has 0 radical (unpaired) electrons. The van der Waals surface area contributed by atoms with Crippen LogP contribution < -0.4 is 10.1 Å². The number of rotatable bonds is 3. The topological polar surface area (TPSA) is 79.9 Å². The molecule has 4 rings (SSSR count). The van der Waals surface area contributed by atoms with Crippen LogP contribution in [0, 0.1) is 6.92 Å². The van der Waals surface area contributed by atoms with Crippen molar-refractivity contribution in [2.24, 2.45) is 0 Å². The smallest absolute Gasteiger partial charge is 0.425 e. The van der Waals surface area contributed by atoms with E-state index in [2.05, 4.69) is 20.3 Å². The second-order valence-corrected chi connectivity index (χ2v) is 6.79. The first-order valence-electron chi connectivity index (χ1n) is 8.70. The molecular weight excluding hydrogens is 373 g/mol. The van der Waals surface area contributed by atoms with E-state index in [1.807, 2.05) is 6.92 Å². The zero-order chi connectivity index (χ0) is 20.2. The third-order valence-corrected chi connectivity index (χ3v) is 4.74. The molecular formula is C19H17F3N4O2. The number of nitrogens with zero attached hydrogens (tertiary/aromatic N) is 2. The molecule has 1 aliphatic heterocycles. The van der Waals surface area contributed by atoms with E-state index in [9.17, 15) is 18.0 Å². The number of halogens is 3. The number of aromatic amines is 1. The van der Waals surface area contributed by atoms with Gasteiger partial charge in [0.1, 0.15) is 11.2 Å². The molecule has 0 aliphatic carbocycles. The molecule has 6 nitrogen and oxygen atoms in total. The lowest BCUT2D eigenvalue weighted by atomic mass is 10.1. The van der Waals surface area contributed by atoms with Crippen molar-refractivity contribution >= 4 is 16.9 Å². The second kappa shape index (κ2) is 6.22. The van der Waals surface area contributed by atoms with E-state index in [4.69, 9.17) is 4.74 Å². The first-order valence-corrected chi connectivity index (χ1v) is 8.70. The summed E-state index contributed by atoms with van der Waals surface area (Å²) in [5.41, 5.74) is 3.76. The highest BCUT2D eigenvalue weighted by Gasteiger charge is 2.38. The van der Waals surface area contributed by atoms with Gasteiger partial charge in [-0.15, -0.1) is 0 Å². The molecule has 3 heterocycles. The number of carbonyl (C=O) groups excluding carboxylic acids is 1. The summed E-state index contributed by atoms with van der Waals surface area (Å²) in [6.45, 7) is 4.33. The minimum Gasteiger partial charge on any atom is -0.464 e. The Balaban J connectivity index is 1.82. The number of fused-ring (bicyclic) bond motifs is 2. The molecule has 1 aromatic carbocycles. The molecule has 2 aromatic heterocycles.